The first-order valence-corrected chi connectivity index (χ1v) is 6.20. The Morgan fingerprint density at radius 3 is 2.78 bits per heavy atom. The van der Waals surface area contributed by atoms with Gasteiger partial charge in [0.25, 0.3) is 0 Å². The van der Waals surface area contributed by atoms with Gasteiger partial charge in [-0.05, 0) is 43.6 Å². The fourth-order valence-corrected chi connectivity index (χ4v) is 2.42. The highest BCUT2D eigenvalue weighted by Crippen LogP contribution is 2.25. The van der Waals surface area contributed by atoms with Crippen molar-refractivity contribution in [3.8, 4) is 0 Å². The molecular formula is C14H18FNO2. The topological polar surface area (TPSA) is 38.3 Å². The highest BCUT2D eigenvalue weighted by Gasteiger charge is 2.38. The molecule has 1 fully saturated rings. The average Bonchev–Trinajstić information content (AvgIpc) is 2.39. The lowest BCUT2D eigenvalue weighted by Gasteiger charge is -2.35. The van der Waals surface area contributed by atoms with Gasteiger partial charge in [-0.15, -0.1) is 0 Å². The maximum Gasteiger partial charge on any atom is 0.169 e. The monoisotopic (exact) mass is 251 g/mol. The van der Waals surface area contributed by atoms with Crippen LogP contribution in [0, 0.1) is 5.82 Å². The Morgan fingerprint density at radius 2 is 2.17 bits per heavy atom. The lowest BCUT2D eigenvalue weighted by molar-refractivity contribution is -0.143. The standard InChI is InChI=1S/C14H18FNO2/c1-18-14(5-7-16-8-6-14)13(17)10-11-3-2-4-12(15)9-11/h2-4,9,16H,5-8,10H2,1H3. The number of ketones is 1. The molecule has 1 aliphatic rings. The van der Waals surface area contributed by atoms with Crippen LogP contribution in [0.3, 0.4) is 0 Å². The number of benzene rings is 1. The summed E-state index contributed by atoms with van der Waals surface area (Å²) < 4.78 is 18.5. The lowest BCUT2D eigenvalue weighted by Crippen LogP contribution is -2.49. The van der Waals surface area contributed by atoms with Gasteiger partial charge in [-0.3, -0.25) is 4.79 Å². The molecule has 1 N–H and O–H groups in total. The summed E-state index contributed by atoms with van der Waals surface area (Å²) in [6.45, 7) is 1.56. The zero-order valence-corrected chi connectivity index (χ0v) is 10.5. The van der Waals surface area contributed by atoms with Crippen LogP contribution in [0.25, 0.3) is 0 Å². The molecule has 0 unspecified atom stereocenters. The molecule has 1 aromatic rings. The Bertz CT molecular complexity index is 428. The van der Waals surface area contributed by atoms with Crippen molar-refractivity contribution >= 4 is 5.78 Å². The predicted molar refractivity (Wildman–Crippen MR) is 67.0 cm³/mol. The number of piperidine rings is 1. The molecule has 18 heavy (non-hydrogen) atoms. The van der Waals surface area contributed by atoms with Gasteiger partial charge in [0.15, 0.2) is 5.78 Å². The third kappa shape index (κ3) is 2.76. The number of carbonyl (C=O) groups excluding carboxylic acids is 1. The molecule has 3 nitrogen and oxygen atoms in total. The second-order valence-electron chi connectivity index (χ2n) is 4.68. The summed E-state index contributed by atoms with van der Waals surface area (Å²) in [4.78, 5) is 12.4. The number of rotatable bonds is 4. The van der Waals surface area contributed by atoms with E-state index in [9.17, 15) is 9.18 Å². The minimum Gasteiger partial charge on any atom is -0.370 e. The molecule has 0 radical (unpaired) electrons. The second kappa shape index (κ2) is 5.59. The van der Waals surface area contributed by atoms with Crippen molar-refractivity contribution in [2.45, 2.75) is 24.9 Å². The smallest absolute Gasteiger partial charge is 0.169 e. The third-order valence-electron chi connectivity index (χ3n) is 3.56. The fourth-order valence-electron chi connectivity index (χ4n) is 2.42. The summed E-state index contributed by atoms with van der Waals surface area (Å²) in [5.41, 5.74) is 0.00681. The summed E-state index contributed by atoms with van der Waals surface area (Å²) in [5, 5.41) is 3.21. The molecule has 0 amide bonds. The van der Waals surface area contributed by atoms with Gasteiger partial charge < -0.3 is 10.1 Å². The Labute approximate surface area is 106 Å². The zero-order chi connectivity index (χ0) is 13.0. The fraction of sp³-hybridized carbons (Fsp3) is 0.500. The van der Waals surface area contributed by atoms with Crippen molar-refractivity contribution in [1.29, 1.82) is 0 Å². The molecule has 0 spiro atoms. The summed E-state index contributed by atoms with van der Waals surface area (Å²) in [6, 6.07) is 6.18. The number of hydrogen-bond acceptors (Lipinski definition) is 3. The Hall–Kier alpha value is -1.26. The molecule has 0 aromatic heterocycles. The van der Waals surface area contributed by atoms with Crippen LogP contribution in [0.1, 0.15) is 18.4 Å². The summed E-state index contributed by atoms with van der Waals surface area (Å²) in [5.74, 6) is -0.269. The van der Waals surface area contributed by atoms with Gasteiger partial charge in [0, 0.05) is 13.5 Å². The van der Waals surface area contributed by atoms with Crippen molar-refractivity contribution in [3.05, 3.63) is 35.6 Å². The Balaban J connectivity index is 2.10. The van der Waals surface area contributed by atoms with E-state index in [1.54, 1.807) is 19.2 Å². The summed E-state index contributed by atoms with van der Waals surface area (Å²) in [7, 11) is 1.58. The first-order chi connectivity index (χ1) is 8.66. The van der Waals surface area contributed by atoms with E-state index >= 15 is 0 Å². The molecule has 1 saturated heterocycles. The van der Waals surface area contributed by atoms with Gasteiger partial charge in [0.05, 0.1) is 0 Å². The molecule has 0 bridgehead atoms. The largest absolute Gasteiger partial charge is 0.370 e. The molecular weight excluding hydrogens is 233 g/mol. The molecule has 0 saturated carbocycles. The maximum atomic E-state index is 13.1. The van der Waals surface area contributed by atoms with E-state index in [0.717, 1.165) is 13.1 Å². The van der Waals surface area contributed by atoms with Gasteiger partial charge in [-0.25, -0.2) is 4.39 Å². The van der Waals surface area contributed by atoms with Crippen molar-refractivity contribution in [3.63, 3.8) is 0 Å². The molecule has 1 aliphatic heterocycles. The highest BCUT2D eigenvalue weighted by molar-refractivity contribution is 5.89. The van der Waals surface area contributed by atoms with E-state index in [2.05, 4.69) is 5.32 Å². The van der Waals surface area contributed by atoms with Gasteiger partial charge in [-0.2, -0.15) is 0 Å². The van der Waals surface area contributed by atoms with Gasteiger partial charge >= 0.3 is 0 Å². The quantitative estimate of drug-likeness (QED) is 0.885. The van der Waals surface area contributed by atoms with Crippen molar-refractivity contribution < 1.29 is 13.9 Å². The molecule has 98 valence electrons. The molecule has 1 aromatic carbocycles. The Kier molecular flexibility index (Phi) is 4.09. The number of nitrogens with one attached hydrogen (secondary N) is 1. The SMILES string of the molecule is COC1(C(=O)Cc2cccc(F)c2)CCNCC1. The summed E-state index contributed by atoms with van der Waals surface area (Å²) >= 11 is 0. The molecule has 0 aliphatic carbocycles. The lowest BCUT2D eigenvalue weighted by atomic mass is 9.85. The first kappa shape index (κ1) is 13.2. The van der Waals surface area contributed by atoms with E-state index in [4.69, 9.17) is 4.74 Å². The van der Waals surface area contributed by atoms with Crippen molar-refractivity contribution in [2.75, 3.05) is 20.2 Å². The van der Waals surface area contributed by atoms with Crippen LogP contribution in [0.5, 0.6) is 0 Å². The number of Topliss-reactive ketones (excluding diaryl/α,β-unsaturated/α-hetero) is 1. The van der Waals surface area contributed by atoms with E-state index in [1.165, 1.54) is 12.1 Å². The first-order valence-electron chi connectivity index (χ1n) is 6.20. The van der Waals surface area contributed by atoms with E-state index in [-0.39, 0.29) is 18.0 Å². The van der Waals surface area contributed by atoms with Gasteiger partial charge in [-0.1, -0.05) is 12.1 Å². The third-order valence-corrected chi connectivity index (χ3v) is 3.56. The summed E-state index contributed by atoms with van der Waals surface area (Å²) in [6.07, 6.45) is 1.58. The van der Waals surface area contributed by atoms with Crippen LogP contribution >= 0.6 is 0 Å². The van der Waals surface area contributed by atoms with Crippen molar-refractivity contribution in [2.24, 2.45) is 0 Å². The van der Waals surface area contributed by atoms with Crippen LogP contribution in [0.15, 0.2) is 24.3 Å². The van der Waals surface area contributed by atoms with Crippen LogP contribution in [0.4, 0.5) is 4.39 Å². The van der Waals surface area contributed by atoms with Crippen LogP contribution in [0.2, 0.25) is 0 Å². The second-order valence-corrected chi connectivity index (χ2v) is 4.68. The number of methoxy groups -OCH3 is 1. The molecule has 2 rings (SSSR count). The predicted octanol–water partition coefficient (Wildman–Crippen LogP) is 1.71. The van der Waals surface area contributed by atoms with Crippen molar-refractivity contribution in [1.82, 2.24) is 5.32 Å². The average molecular weight is 251 g/mol. The van der Waals surface area contributed by atoms with Gasteiger partial charge in [0.2, 0.25) is 0 Å². The maximum absolute atomic E-state index is 13.1. The minimum atomic E-state index is -0.697. The number of hydrogen-bond donors (Lipinski definition) is 1. The molecule has 1 heterocycles. The highest BCUT2D eigenvalue weighted by atomic mass is 19.1. The number of halogens is 1. The molecule has 4 heteroatoms. The number of carbonyl (C=O) groups is 1. The minimum absolute atomic E-state index is 0.0390. The van der Waals surface area contributed by atoms with E-state index in [0.29, 0.717) is 18.4 Å². The van der Waals surface area contributed by atoms with Crippen LogP contribution in [-0.4, -0.2) is 31.6 Å². The van der Waals surface area contributed by atoms with Gasteiger partial charge in [0.1, 0.15) is 11.4 Å². The van der Waals surface area contributed by atoms with Crippen LogP contribution in [-0.2, 0) is 16.0 Å². The van der Waals surface area contributed by atoms with Crippen LogP contribution < -0.4 is 5.32 Å². The van der Waals surface area contributed by atoms with E-state index < -0.39 is 5.60 Å². The van der Waals surface area contributed by atoms with E-state index in [1.807, 2.05) is 0 Å². The zero-order valence-electron chi connectivity index (χ0n) is 10.5. The molecule has 0 atom stereocenters. The normalized spacial score (nSPS) is 18.6. The number of ether oxygens (including phenoxy) is 1. The Morgan fingerprint density at radius 1 is 1.44 bits per heavy atom.